The molecule has 186 valence electrons. The molecule has 2 aromatic carbocycles. The first kappa shape index (κ1) is 24.9. The summed E-state index contributed by atoms with van der Waals surface area (Å²) in [4.78, 5) is 21.8. The molecule has 0 aliphatic carbocycles. The first-order valence-corrected chi connectivity index (χ1v) is 11.6. The number of alkyl halides is 3. The van der Waals surface area contributed by atoms with Gasteiger partial charge in [-0.2, -0.15) is 13.2 Å². The van der Waals surface area contributed by atoms with E-state index < -0.39 is 11.7 Å². The minimum atomic E-state index is -4.40. The topological polar surface area (TPSA) is 50.6 Å². The van der Waals surface area contributed by atoms with Crippen LogP contribution >= 0.6 is 0 Å². The molecule has 0 N–H and O–H groups in total. The quantitative estimate of drug-likeness (QED) is 0.478. The Morgan fingerprint density at radius 1 is 1.11 bits per heavy atom. The number of carbonyl (C=O) groups is 1. The highest BCUT2D eigenvalue weighted by atomic mass is 19.4. The molecule has 1 fully saturated rings. The maximum Gasteiger partial charge on any atom is 0.416 e. The standard InChI is InChI=1S/C26H29F3N4O2/c1-20-5-7-22(8-6-20)25(34)33(12-11-31-13-15-35-16-14-31)19-24-30-9-10-32(24)18-21-3-2-4-23(17-21)26(27,28)29/h2-10,17H,11-16,18-19H2,1H3. The molecule has 3 aromatic rings. The minimum Gasteiger partial charge on any atom is -0.379 e. The van der Waals surface area contributed by atoms with Crippen molar-refractivity contribution in [2.24, 2.45) is 0 Å². The largest absolute Gasteiger partial charge is 0.416 e. The van der Waals surface area contributed by atoms with Gasteiger partial charge in [-0.15, -0.1) is 0 Å². The Hall–Kier alpha value is -3.17. The summed E-state index contributed by atoms with van der Waals surface area (Å²) in [7, 11) is 0. The first-order valence-electron chi connectivity index (χ1n) is 11.6. The first-order chi connectivity index (χ1) is 16.8. The summed E-state index contributed by atoms with van der Waals surface area (Å²) in [6.45, 7) is 6.64. The van der Waals surface area contributed by atoms with Crippen molar-refractivity contribution < 1.29 is 22.7 Å². The number of aryl methyl sites for hydroxylation is 1. The number of rotatable bonds is 8. The van der Waals surface area contributed by atoms with Crippen molar-refractivity contribution in [3.8, 4) is 0 Å². The fraction of sp³-hybridized carbons (Fsp3) is 0.385. The summed E-state index contributed by atoms with van der Waals surface area (Å²) >= 11 is 0. The van der Waals surface area contributed by atoms with Crippen LogP contribution in [-0.2, 0) is 24.0 Å². The van der Waals surface area contributed by atoms with Crippen molar-refractivity contribution in [3.63, 3.8) is 0 Å². The van der Waals surface area contributed by atoms with Crippen LogP contribution in [0.3, 0.4) is 0 Å². The van der Waals surface area contributed by atoms with Crippen LogP contribution in [0.2, 0.25) is 0 Å². The van der Waals surface area contributed by atoms with Crippen molar-refractivity contribution >= 4 is 5.91 Å². The number of carbonyl (C=O) groups excluding carboxylic acids is 1. The maximum absolute atomic E-state index is 13.4. The zero-order valence-corrected chi connectivity index (χ0v) is 19.7. The molecule has 1 amide bonds. The van der Waals surface area contributed by atoms with Crippen LogP contribution in [0.5, 0.6) is 0 Å². The molecule has 1 aliphatic heterocycles. The van der Waals surface area contributed by atoms with Crippen molar-refractivity contribution in [1.29, 1.82) is 0 Å². The predicted octanol–water partition coefficient (Wildman–Crippen LogP) is 4.23. The van der Waals surface area contributed by atoms with Crippen molar-refractivity contribution in [1.82, 2.24) is 19.4 Å². The van der Waals surface area contributed by atoms with E-state index in [-0.39, 0.29) is 19.0 Å². The van der Waals surface area contributed by atoms with Crippen LogP contribution in [0.4, 0.5) is 13.2 Å². The van der Waals surface area contributed by atoms with Crippen LogP contribution in [0.25, 0.3) is 0 Å². The molecular formula is C26H29F3N4O2. The molecule has 0 unspecified atom stereocenters. The molecule has 1 saturated heterocycles. The summed E-state index contributed by atoms with van der Waals surface area (Å²) in [5, 5.41) is 0. The van der Waals surface area contributed by atoms with Crippen LogP contribution in [0, 0.1) is 6.92 Å². The Labute approximate surface area is 202 Å². The Balaban J connectivity index is 1.52. The second kappa shape index (κ2) is 11.0. The molecule has 0 spiro atoms. The molecular weight excluding hydrogens is 457 g/mol. The van der Waals surface area contributed by atoms with Crippen LogP contribution in [0.1, 0.15) is 32.9 Å². The SMILES string of the molecule is Cc1ccc(C(=O)N(CCN2CCOCC2)Cc2nccn2Cc2cccc(C(F)(F)F)c2)cc1. The predicted molar refractivity (Wildman–Crippen MR) is 126 cm³/mol. The number of aromatic nitrogens is 2. The Bertz CT molecular complexity index is 1120. The molecule has 1 aromatic heterocycles. The average Bonchev–Trinajstić information content (AvgIpc) is 3.28. The average molecular weight is 487 g/mol. The van der Waals surface area contributed by atoms with Gasteiger partial charge in [-0.05, 0) is 36.8 Å². The Kier molecular flexibility index (Phi) is 7.87. The van der Waals surface area contributed by atoms with Gasteiger partial charge in [0.2, 0.25) is 0 Å². The van der Waals surface area contributed by atoms with E-state index in [4.69, 9.17) is 4.74 Å². The fourth-order valence-electron chi connectivity index (χ4n) is 4.07. The van der Waals surface area contributed by atoms with Gasteiger partial charge >= 0.3 is 6.18 Å². The lowest BCUT2D eigenvalue weighted by Crippen LogP contribution is -2.43. The fourth-order valence-corrected chi connectivity index (χ4v) is 4.07. The molecule has 2 heterocycles. The lowest BCUT2D eigenvalue weighted by molar-refractivity contribution is -0.137. The second-order valence-electron chi connectivity index (χ2n) is 8.72. The van der Waals surface area contributed by atoms with Gasteiger partial charge in [-0.3, -0.25) is 9.69 Å². The van der Waals surface area contributed by atoms with Gasteiger partial charge in [-0.1, -0.05) is 29.8 Å². The van der Waals surface area contributed by atoms with E-state index in [0.29, 0.717) is 43.3 Å². The third-order valence-electron chi connectivity index (χ3n) is 6.12. The van der Waals surface area contributed by atoms with Gasteiger partial charge in [-0.25, -0.2) is 4.98 Å². The molecule has 1 aliphatic rings. The van der Waals surface area contributed by atoms with E-state index in [1.54, 1.807) is 27.9 Å². The highest BCUT2D eigenvalue weighted by Crippen LogP contribution is 2.29. The number of amides is 1. The third kappa shape index (κ3) is 6.70. The van der Waals surface area contributed by atoms with Gasteiger partial charge in [0, 0.05) is 50.7 Å². The molecule has 4 rings (SSSR count). The molecule has 0 saturated carbocycles. The highest BCUT2D eigenvalue weighted by molar-refractivity contribution is 5.94. The lowest BCUT2D eigenvalue weighted by atomic mass is 10.1. The number of halogens is 3. The number of benzene rings is 2. The van der Waals surface area contributed by atoms with Crippen LogP contribution in [0.15, 0.2) is 60.9 Å². The van der Waals surface area contributed by atoms with E-state index in [2.05, 4.69) is 9.88 Å². The van der Waals surface area contributed by atoms with E-state index >= 15 is 0 Å². The Morgan fingerprint density at radius 2 is 1.86 bits per heavy atom. The molecule has 0 bridgehead atoms. The zero-order chi connectivity index (χ0) is 24.8. The number of imidazole rings is 1. The van der Waals surface area contributed by atoms with Crippen molar-refractivity contribution in [2.45, 2.75) is 26.2 Å². The van der Waals surface area contributed by atoms with E-state index in [9.17, 15) is 18.0 Å². The number of ether oxygens (including phenoxy) is 1. The van der Waals surface area contributed by atoms with Crippen molar-refractivity contribution in [3.05, 3.63) is 89.0 Å². The molecule has 0 radical (unpaired) electrons. The third-order valence-corrected chi connectivity index (χ3v) is 6.12. The molecule has 35 heavy (non-hydrogen) atoms. The monoisotopic (exact) mass is 486 g/mol. The van der Waals surface area contributed by atoms with Gasteiger partial charge in [0.05, 0.1) is 25.3 Å². The van der Waals surface area contributed by atoms with Gasteiger partial charge < -0.3 is 14.2 Å². The second-order valence-corrected chi connectivity index (χ2v) is 8.72. The molecule has 6 nitrogen and oxygen atoms in total. The molecule has 9 heteroatoms. The van der Waals surface area contributed by atoms with Crippen LogP contribution in [-0.4, -0.2) is 64.7 Å². The summed E-state index contributed by atoms with van der Waals surface area (Å²) in [6, 6.07) is 12.7. The number of nitrogens with zero attached hydrogens (tertiary/aromatic N) is 4. The Morgan fingerprint density at radius 3 is 2.57 bits per heavy atom. The summed E-state index contributed by atoms with van der Waals surface area (Å²) in [5.41, 5.74) is 1.49. The van der Waals surface area contributed by atoms with E-state index in [1.807, 2.05) is 31.2 Å². The summed E-state index contributed by atoms with van der Waals surface area (Å²) in [6.07, 6.45) is -1.06. The van der Waals surface area contributed by atoms with Crippen molar-refractivity contribution in [2.75, 3.05) is 39.4 Å². The number of hydrogen-bond donors (Lipinski definition) is 0. The normalized spacial score (nSPS) is 14.7. The summed E-state index contributed by atoms with van der Waals surface area (Å²) in [5.74, 6) is 0.511. The minimum absolute atomic E-state index is 0.105. The molecule has 0 atom stereocenters. The lowest BCUT2D eigenvalue weighted by Gasteiger charge is -2.30. The maximum atomic E-state index is 13.4. The number of morpholine rings is 1. The van der Waals surface area contributed by atoms with Crippen LogP contribution < -0.4 is 0 Å². The van der Waals surface area contributed by atoms with Gasteiger partial charge in [0.15, 0.2) is 0 Å². The van der Waals surface area contributed by atoms with E-state index in [1.165, 1.54) is 6.07 Å². The highest BCUT2D eigenvalue weighted by Gasteiger charge is 2.30. The smallest absolute Gasteiger partial charge is 0.379 e. The zero-order valence-electron chi connectivity index (χ0n) is 19.7. The van der Waals surface area contributed by atoms with Gasteiger partial charge in [0.25, 0.3) is 5.91 Å². The summed E-state index contributed by atoms with van der Waals surface area (Å²) < 4.78 is 46.6. The van der Waals surface area contributed by atoms with E-state index in [0.717, 1.165) is 30.8 Å². The van der Waals surface area contributed by atoms with Gasteiger partial charge in [0.1, 0.15) is 5.82 Å². The number of hydrogen-bond acceptors (Lipinski definition) is 4.